The number of hydrogen-bond acceptors (Lipinski definition) is 3. The first kappa shape index (κ1) is 15.0. The molecule has 19 heavy (non-hydrogen) atoms. The molecule has 0 aliphatic rings. The number of nitrogens with one attached hydrogen (secondary N) is 1. The quantitative estimate of drug-likeness (QED) is 0.854. The minimum atomic E-state index is -0.0201. The van der Waals surface area contributed by atoms with E-state index in [0.717, 1.165) is 12.2 Å². The summed E-state index contributed by atoms with van der Waals surface area (Å²) >= 11 is 0. The highest BCUT2D eigenvalue weighted by Gasteiger charge is 2.18. The zero-order valence-electron chi connectivity index (χ0n) is 11.8. The third-order valence-electron chi connectivity index (χ3n) is 2.86. The molecular weight excluding hydrogens is 238 g/mol. The molecule has 0 aromatic heterocycles. The second-order valence-electron chi connectivity index (χ2n) is 4.61. The van der Waals surface area contributed by atoms with Gasteiger partial charge in [-0.25, -0.2) is 0 Å². The molecule has 0 aliphatic carbocycles. The van der Waals surface area contributed by atoms with Gasteiger partial charge in [-0.05, 0) is 45.0 Å². The predicted molar refractivity (Wildman–Crippen MR) is 77.0 cm³/mol. The van der Waals surface area contributed by atoms with Crippen LogP contribution in [0.1, 0.15) is 37.6 Å². The maximum absolute atomic E-state index is 12.4. The molecule has 0 spiro atoms. The molecule has 1 N–H and O–H groups in total. The molecule has 0 fully saturated rings. The molecule has 1 aromatic carbocycles. The van der Waals surface area contributed by atoms with Crippen LogP contribution in [-0.2, 0) is 0 Å². The van der Waals surface area contributed by atoms with Crippen LogP contribution >= 0.6 is 0 Å². The summed E-state index contributed by atoms with van der Waals surface area (Å²) in [6.07, 6.45) is 0.361. The van der Waals surface area contributed by atoms with Gasteiger partial charge in [-0.2, -0.15) is 5.26 Å². The lowest BCUT2D eigenvalue weighted by Gasteiger charge is -2.26. The fraction of sp³-hybridized carbons (Fsp3) is 0.467. The Hall–Kier alpha value is -2.02. The third kappa shape index (κ3) is 4.29. The molecule has 0 bridgehead atoms. The SMILES string of the molecule is CCNc1ccc(C(=O)N(CCC#N)C(C)C)cc1. The Morgan fingerprint density at radius 3 is 2.47 bits per heavy atom. The second-order valence-corrected chi connectivity index (χ2v) is 4.61. The lowest BCUT2D eigenvalue weighted by molar-refractivity contribution is 0.0710. The summed E-state index contributed by atoms with van der Waals surface area (Å²) in [6, 6.07) is 9.62. The predicted octanol–water partition coefficient (Wildman–Crippen LogP) is 2.88. The summed E-state index contributed by atoms with van der Waals surface area (Å²) in [4.78, 5) is 14.1. The summed E-state index contributed by atoms with van der Waals surface area (Å²) in [5.41, 5.74) is 1.67. The van der Waals surface area contributed by atoms with Crippen LogP contribution in [0.2, 0.25) is 0 Å². The standard InChI is InChI=1S/C15H21N3O/c1-4-17-14-8-6-13(7-9-14)15(19)18(12(2)3)11-5-10-16/h6-9,12,17H,4-5,11H2,1-3H3. The molecule has 0 aliphatic heterocycles. The molecule has 102 valence electrons. The van der Waals surface area contributed by atoms with Crippen LogP contribution < -0.4 is 5.32 Å². The van der Waals surface area contributed by atoms with Gasteiger partial charge in [0.25, 0.3) is 5.91 Å². The Kier molecular flexibility index (Phi) is 5.87. The van der Waals surface area contributed by atoms with Crippen molar-refractivity contribution in [2.75, 3.05) is 18.4 Å². The molecule has 0 saturated heterocycles. The molecular formula is C15H21N3O. The average molecular weight is 259 g/mol. The summed E-state index contributed by atoms with van der Waals surface area (Å²) < 4.78 is 0. The highest BCUT2D eigenvalue weighted by Crippen LogP contribution is 2.13. The first-order valence-corrected chi connectivity index (χ1v) is 6.62. The monoisotopic (exact) mass is 259 g/mol. The van der Waals surface area contributed by atoms with Gasteiger partial charge < -0.3 is 10.2 Å². The van der Waals surface area contributed by atoms with E-state index in [1.807, 2.05) is 45.0 Å². The van der Waals surface area contributed by atoms with E-state index < -0.39 is 0 Å². The summed E-state index contributed by atoms with van der Waals surface area (Å²) in [5.74, 6) is -0.0201. The van der Waals surface area contributed by atoms with Crippen molar-refractivity contribution < 1.29 is 4.79 Å². The van der Waals surface area contributed by atoms with Gasteiger partial charge in [0.2, 0.25) is 0 Å². The number of nitrogens with zero attached hydrogens (tertiary/aromatic N) is 2. The summed E-state index contributed by atoms with van der Waals surface area (Å²) in [7, 11) is 0. The lowest BCUT2D eigenvalue weighted by Crippen LogP contribution is -2.37. The maximum Gasteiger partial charge on any atom is 0.254 e. The van der Waals surface area contributed by atoms with Gasteiger partial charge in [-0.15, -0.1) is 0 Å². The number of nitriles is 1. The van der Waals surface area contributed by atoms with E-state index in [2.05, 4.69) is 11.4 Å². The number of benzene rings is 1. The fourth-order valence-corrected chi connectivity index (χ4v) is 1.87. The molecule has 4 nitrogen and oxygen atoms in total. The zero-order valence-corrected chi connectivity index (χ0v) is 11.8. The lowest BCUT2D eigenvalue weighted by atomic mass is 10.1. The Morgan fingerprint density at radius 1 is 1.37 bits per heavy atom. The largest absolute Gasteiger partial charge is 0.385 e. The Balaban J connectivity index is 2.81. The molecule has 1 amide bonds. The van der Waals surface area contributed by atoms with Crippen LogP contribution in [0.4, 0.5) is 5.69 Å². The molecule has 0 atom stereocenters. The molecule has 0 unspecified atom stereocenters. The van der Waals surface area contributed by atoms with Crippen molar-refractivity contribution in [1.82, 2.24) is 4.90 Å². The zero-order chi connectivity index (χ0) is 14.3. The number of hydrogen-bond donors (Lipinski definition) is 1. The summed E-state index contributed by atoms with van der Waals surface area (Å²) in [5, 5.41) is 11.8. The van der Waals surface area contributed by atoms with Gasteiger partial charge in [0.15, 0.2) is 0 Å². The molecule has 0 heterocycles. The van der Waals surface area contributed by atoms with E-state index in [1.165, 1.54) is 0 Å². The Labute approximate surface area is 115 Å². The first-order valence-electron chi connectivity index (χ1n) is 6.62. The van der Waals surface area contributed by atoms with E-state index >= 15 is 0 Å². The van der Waals surface area contributed by atoms with Gasteiger partial charge in [-0.3, -0.25) is 4.79 Å². The van der Waals surface area contributed by atoms with Gasteiger partial charge in [0, 0.05) is 30.4 Å². The number of rotatable bonds is 6. The molecule has 4 heteroatoms. The third-order valence-corrected chi connectivity index (χ3v) is 2.86. The fourth-order valence-electron chi connectivity index (χ4n) is 1.87. The maximum atomic E-state index is 12.4. The topological polar surface area (TPSA) is 56.1 Å². The molecule has 0 radical (unpaired) electrons. The highest BCUT2D eigenvalue weighted by molar-refractivity contribution is 5.94. The number of amides is 1. The second kappa shape index (κ2) is 7.42. The Morgan fingerprint density at radius 2 is 2.00 bits per heavy atom. The summed E-state index contributed by atoms with van der Waals surface area (Å²) in [6.45, 7) is 7.28. The van der Waals surface area contributed by atoms with Crippen molar-refractivity contribution in [3.8, 4) is 6.07 Å². The van der Waals surface area contributed by atoms with Crippen LogP contribution in [-0.4, -0.2) is 29.9 Å². The van der Waals surface area contributed by atoms with Crippen LogP contribution in [0.5, 0.6) is 0 Å². The molecule has 1 aromatic rings. The minimum Gasteiger partial charge on any atom is -0.385 e. The van der Waals surface area contributed by atoms with Crippen molar-refractivity contribution >= 4 is 11.6 Å². The van der Waals surface area contributed by atoms with Gasteiger partial charge >= 0.3 is 0 Å². The van der Waals surface area contributed by atoms with Crippen molar-refractivity contribution in [3.63, 3.8) is 0 Å². The number of anilines is 1. The van der Waals surface area contributed by atoms with E-state index in [9.17, 15) is 4.79 Å². The van der Waals surface area contributed by atoms with Crippen LogP contribution in [0.15, 0.2) is 24.3 Å². The van der Waals surface area contributed by atoms with Crippen LogP contribution in [0.25, 0.3) is 0 Å². The van der Waals surface area contributed by atoms with E-state index in [0.29, 0.717) is 18.5 Å². The van der Waals surface area contributed by atoms with Crippen molar-refractivity contribution in [1.29, 1.82) is 5.26 Å². The normalized spacial score (nSPS) is 10.1. The highest BCUT2D eigenvalue weighted by atomic mass is 16.2. The van der Waals surface area contributed by atoms with E-state index in [1.54, 1.807) is 4.90 Å². The van der Waals surface area contributed by atoms with Gasteiger partial charge in [-0.1, -0.05) is 0 Å². The van der Waals surface area contributed by atoms with Crippen molar-refractivity contribution in [2.45, 2.75) is 33.2 Å². The van der Waals surface area contributed by atoms with Gasteiger partial charge in [0.1, 0.15) is 0 Å². The van der Waals surface area contributed by atoms with Crippen LogP contribution in [0.3, 0.4) is 0 Å². The Bertz CT molecular complexity index is 445. The van der Waals surface area contributed by atoms with Crippen LogP contribution in [0, 0.1) is 11.3 Å². The number of carbonyl (C=O) groups excluding carboxylic acids is 1. The van der Waals surface area contributed by atoms with Gasteiger partial charge in [0.05, 0.1) is 12.5 Å². The number of carbonyl (C=O) groups is 1. The average Bonchev–Trinajstić information content (AvgIpc) is 2.40. The molecule has 0 saturated carbocycles. The van der Waals surface area contributed by atoms with E-state index in [4.69, 9.17) is 5.26 Å². The smallest absolute Gasteiger partial charge is 0.254 e. The van der Waals surface area contributed by atoms with E-state index in [-0.39, 0.29) is 11.9 Å². The first-order chi connectivity index (χ1) is 9.10. The van der Waals surface area contributed by atoms with Crippen molar-refractivity contribution in [3.05, 3.63) is 29.8 Å². The minimum absolute atomic E-state index is 0.0201. The van der Waals surface area contributed by atoms with Crippen molar-refractivity contribution in [2.24, 2.45) is 0 Å². The molecule has 1 rings (SSSR count).